The third kappa shape index (κ3) is 5.41. The lowest BCUT2D eigenvalue weighted by molar-refractivity contribution is 0.127. The number of guanidine groups is 1. The standard InChI is InChI=1S/C19H29N7.HI/c1-4-17(16-8-6-5-7-9-16)25-10-12-26(13-11-25)19(20-2)21-14-18-23-22-15-24(18)3;/h5-9,15,17H,4,10-14H2,1-3H3,(H,20,21);1H. The highest BCUT2D eigenvalue weighted by Gasteiger charge is 2.25. The number of aromatic nitrogens is 3. The second-order valence-electron chi connectivity index (χ2n) is 6.62. The number of piperazine rings is 1. The molecule has 1 aliphatic rings. The number of nitrogens with zero attached hydrogens (tertiary/aromatic N) is 6. The lowest BCUT2D eigenvalue weighted by atomic mass is 10.0. The predicted molar refractivity (Wildman–Crippen MR) is 119 cm³/mol. The zero-order chi connectivity index (χ0) is 18.4. The van der Waals surface area contributed by atoms with Crippen LogP contribution < -0.4 is 5.32 Å². The van der Waals surface area contributed by atoms with E-state index in [2.05, 4.69) is 67.6 Å². The Kier molecular flexibility index (Phi) is 8.49. The van der Waals surface area contributed by atoms with Gasteiger partial charge in [-0.1, -0.05) is 37.3 Å². The molecule has 1 aromatic heterocycles. The fourth-order valence-corrected chi connectivity index (χ4v) is 3.58. The maximum Gasteiger partial charge on any atom is 0.194 e. The molecule has 0 saturated carbocycles. The summed E-state index contributed by atoms with van der Waals surface area (Å²) >= 11 is 0. The lowest BCUT2D eigenvalue weighted by Crippen LogP contribution is -2.53. The number of aliphatic imine (C=N–C) groups is 1. The summed E-state index contributed by atoms with van der Waals surface area (Å²) in [5, 5.41) is 11.4. The van der Waals surface area contributed by atoms with Gasteiger partial charge in [-0.05, 0) is 12.0 Å². The number of hydrogen-bond acceptors (Lipinski definition) is 4. The van der Waals surface area contributed by atoms with Crippen LogP contribution in [0.25, 0.3) is 0 Å². The van der Waals surface area contributed by atoms with E-state index in [1.54, 1.807) is 6.33 Å². The smallest absolute Gasteiger partial charge is 0.194 e. The SMILES string of the molecule is CCC(c1ccccc1)N1CCN(C(=NC)NCc2nncn2C)CC1.I. The molecule has 0 radical (unpaired) electrons. The van der Waals surface area contributed by atoms with Crippen molar-refractivity contribution < 1.29 is 0 Å². The third-order valence-electron chi connectivity index (χ3n) is 5.05. The molecule has 0 amide bonds. The molecule has 8 heteroatoms. The van der Waals surface area contributed by atoms with Crippen molar-refractivity contribution in [3.63, 3.8) is 0 Å². The Morgan fingerprint density at radius 3 is 2.44 bits per heavy atom. The van der Waals surface area contributed by atoms with Crippen LogP contribution in [0.5, 0.6) is 0 Å². The van der Waals surface area contributed by atoms with Crippen LogP contribution in [0.1, 0.15) is 30.8 Å². The van der Waals surface area contributed by atoms with E-state index >= 15 is 0 Å². The average Bonchev–Trinajstić information content (AvgIpc) is 3.10. The molecule has 1 N–H and O–H groups in total. The highest BCUT2D eigenvalue weighted by molar-refractivity contribution is 14.0. The van der Waals surface area contributed by atoms with E-state index < -0.39 is 0 Å². The van der Waals surface area contributed by atoms with Gasteiger partial charge in [0.25, 0.3) is 0 Å². The molecule has 148 valence electrons. The molecule has 1 unspecified atom stereocenters. The van der Waals surface area contributed by atoms with E-state index in [4.69, 9.17) is 0 Å². The van der Waals surface area contributed by atoms with Gasteiger partial charge in [-0.15, -0.1) is 34.2 Å². The molecular formula is C19H30IN7. The molecule has 0 bridgehead atoms. The fraction of sp³-hybridized carbons (Fsp3) is 0.526. The van der Waals surface area contributed by atoms with Crippen molar-refractivity contribution in [1.29, 1.82) is 0 Å². The van der Waals surface area contributed by atoms with Crippen molar-refractivity contribution in [3.05, 3.63) is 48.0 Å². The summed E-state index contributed by atoms with van der Waals surface area (Å²) in [4.78, 5) is 9.35. The highest BCUT2D eigenvalue weighted by atomic mass is 127. The fourth-order valence-electron chi connectivity index (χ4n) is 3.58. The van der Waals surface area contributed by atoms with Gasteiger partial charge in [0.2, 0.25) is 0 Å². The zero-order valence-corrected chi connectivity index (χ0v) is 18.7. The zero-order valence-electron chi connectivity index (χ0n) is 16.4. The summed E-state index contributed by atoms with van der Waals surface area (Å²) in [5.41, 5.74) is 1.41. The Balaban J connectivity index is 0.00000261. The molecular weight excluding hydrogens is 453 g/mol. The molecule has 27 heavy (non-hydrogen) atoms. The Hall–Kier alpha value is -1.68. The number of benzene rings is 1. The van der Waals surface area contributed by atoms with E-state index in [9.17, 15) is 0 Å². The van der Waals surface area contributed by atoms with Gasteiger partial charge < -0.3 is 14.8 Å². The molecule has 1 aromatic carbocycles. The van der Waals surface area contributed by atoms with E-state index in [1.807, 2.05) is 18.7 Å². The van der Waals surface area contributed by atoms with Crippen LogP contribution in [0.15, 0.2) is 41.7 Å². The predicted octanol–water partition coefficient (Wildman–Crippen LogP) is 2.28. The molecule has 2 heterocycles. The van der Waals surface area contributed by atoms with Crippen LogP contribution >= 0.6 is 24.0 Å². The van der Waals surface area contributed by atoms with Crippen LogP contribution in [0, 0.1) is 0 Å². The Morgan fingerprint density at radius 2 is 1.89 bits per heavy atom. The molecule has 1 saturated heterocycles. The second kappa shape index (κ2) is 10.6. The van der Waals surface area contributed by atoms with Gasteiger partial charge in [0.05, 0.1) is 6.54 Å². The van der Waals surface area contributed by atoms with Gasteiger partial charge in [-0.2, -0.15) is 0 Å². The number of nitrogens with one attached hydrogen (secondary N) is 1. The van der Waals surface area contributed by atoms with E-state index in [0.717, 1.165) is 44.4 Å². The van der Waals surface area contributed by atoms with E-state index in [1.165, 1.54) is 5.56 Å². The van der Waals surface area contributed by atoms with Crippen LogP contribution in [0.3, 0.4) is 0 Å². The minimum atomic E-state index is 0. The van der Waals surface area contributed by atoms with E-state index in [-0.39, 0.29) is 24.0 Å². The summed E-state index contributed by atoms with van der Waals surface area (Å²) < 4.78 is 1.92. The normalized spacial score (nSPS) is 16.7. The Morgan fingerprint density at radius 1 is 1.19 bits per heavy atom. The van der Waals surface area contributed by atoms with Gasteiger partial charge in [0, 0.05) is 46.3 Å². The lowest BCUT2D eigenvalue weighted by Gasteiger charge is -2.40. The van der Waals surface area contributed by atoms with Gasteiger partial charge in [-0.25, -0.2) is 0 Å². The van der Waals surface area contributed by atoms with Crippen molar-refractivity contribution in [3.8, 4) is 0 Å². The van der Waals surface area contributed by atoms with E-state index in [0.29, 0.717) is 12.6 Å². The van der Waals surface area contributed by atoms with Crippen LogP contribution in [-0.2, 0) is 13.6 Å². The van der Waals surface area contributed by atoms with Crippen molar-refractivity contribution in [1.82, 2.24) is 29.9 Å². The first-order chi connectivity index (χ1) is 12.7. The molecule has 0 aliphatic carbocycles. The summed E-state index contributed by atoms with van der Waals surface area (Å²) in [6.07, 6.45) is 2.84. The first-order valence-electron chi connectivity index (χ1n) is 9.30. The molecule has 2 aromatic rings. The summed E-state index contributed by atoms with van der Waals surface area (Å²) in [6.45, 7) is 6.93. The molecule has 1 atom stereocenters. The topological polar surface area (TPSA) is 61.6 Å². The second-order valence-corrected chi connectivity index (χ2v) is 6.62. The van der Waals surface area contributed by atoms with Crippen molar-refractivity contribution in [2.24, 2.45) is 12.0 Å². The largest absolute Gasteiger partial charge is 0.349 e. The first-order valence-corrected chi connectivity index (χ1v) is 9.30. The van der Waals surface area contributed by atoms with Gasteiger partial charge in [-0.3, -0.25) is 9.89 Å². The van der Waals surface area contributed by atoms with Crippen LogP contribution in [0.4, 0.5) is 0 Å². The minimum Gasteiger partial charge on any atom is -0.349 e. The highest BCUT2D eigenvalue weighted by Crippen LogP contribution is 2.25. The number of aryl methyl sites for hydroxylation is 1. The van der Waals surface area contributed by atoms with Crippen molar-refractivity contribution >= 4 is 29.9 Å². The molecule has 1 aliphatic heterocycles. The van der Waals surface area contributed by atoms with Crippen molar-refractivity contribution in [2.75, 3.05) is 33.2 Å². The minimum absolute atomic E-state index is 0. The molecule has 0 spiro atoms. The van der Waals surface area contributed by atoms with Gasteiger partial charge in [0.1, 0.15) is 6.33 Å². The Labute approximate surface area is 178 Å². The maximum atomic E-state index is 4.44. The van der Waals surface area contributed by atoms with Gasteiger partial charge >= 0.3 is 0 Å². The quantitative estimate of drug-likeness (QED) is 0.402. The number of rotatable bonds is 5. The summed E-state index contributed by atoms with van der Waals surface area (Å²) in [7, 11) is 3.79. The first kappa shape index (κ1) is 21.6. The summed E-state index contributed by atoms with van der Waals surface area (Å²) in [5.74, 6) is 1.83. The Bertz CT molecular complexity index is 708. The number of hydrogen-bond donors (Lipinski definition) is 1. The molecule has 1 fully saturated rings. The number of halogens is 1. The van der Waals surface area contributed by atoms with Crippen LogP contribution in [0.2, 0.25) is 0 Å². The van der Waals surface area contributed by atoms with Crippen molar-refractivity contribution in [2.45, 2.75) is 25.9 Å². The molecule has 7 nitrogen and oxygen atoms in total. The van der Waals surface area contributed by atoms with Gasteiger partial charge in [0.15, 0.2) is 11.8 Å². The van der Waals surface area contributed by atoms with Crippen LogP contribution in [-0.4, -0.2) is 63.8 Å². The monoisotopic (exact) mass is 483 g/mol. The average molecular weight is 483 g/mol. The third-order valence-corrected chi connectivity index (χ3v) is 5.05. The molecule has 3 rings (SSSR count). The summed E-state index contributed by atoms with van der Waals surface area (Å²) in [6, 6.07) is 11.3. The maximum absolute atomic E-state index is 4.44.